The zero-order valence-corrected chi connectivity index (χ0v) is 15.3. The number of hydrogen-bond donors (Lipinski definition) is 2. The van der Waals surface area contributed by atoms with Gasteiger partial charge < -0.3 is 15.4 Å². The molecule has 0 atom stereocenters. The van der Waals surface area contributed by atoms with Gasteiger partial charge in [-0.2, -0.15) is 5.26 Å². The maximum Gasteiger partial charge on any atom is 0.267 e. The minimum absolute atomic E-state index is 0.00388. The number of nitrogens with zero attached hydrogens (tertiary/aromatic N) is 1. The van der Waals surface area contributed by atoms with Crippen LogP contribution in [0.4, 0.5) is 11.4 Å². The fourth-order valence-corrected chi connectivity index (χ4v) is 2.50. The summed E-state index contributed by atoms with van der Waals surface area (Å²) in [5, 5.41) is 15.2. The maximum absolute atomic E-state index is 12.5. The molecule has 0 spiro atoms. The summed E-state index contributed by atoms with van der Waals surface area (Å²) in [7, 11) is 0. The highest BCUT2D eigenvalue weighted by atomic mass is 16.5. The number of benzene rings is 2. The van der Waals surface area contributed by atoms with E-state index >= 15 is 0 Å². The average Bonchev–Trinajstić information content (AvgIpc) is 2.65. The van der Waals surface area contributed by atoms with Crippen LogP contribution in [0.5, 0.6) is 5.75 Å². The smallest absolute Gasteiger partial charge is 0.267 e. The number of hydrogen-bond acceptors (Lipinski definition) is 4. The quantitative estimate of drug-likeness (QED) is 0.573. The van der Waals surface area contributed by atoms with Crippen molar-refractivity contribution in [2.45, 2.75) is 27.2 Å². The van der Waals surface area contributed by atoms with Gasteiger partial charge in [-0.1, -0.05) is 25.1 Å². The van der Waals surface area contributed by atoms with Gasteiger partial charge in [-0.15, -0.1) is 0 Å². The van der Waals surface area contributed by atoms with E-state index in [-0.39, 0.29) is 5.57 Å². The van der Waals surface area contributed by atoms with Gasteiger partial charge in [0.2, 0.25) is 0 Å². The third-order valence-electron chi connectivity index (χ3n) is 3.89. The Morgan fingerprint density at radius 2 is 1.92 bits per heavy atom. The molecule has 0 saturated heterocycles. The molecule has 2 N–H and O–H groups in total. The fraction of sp³-hybridized carbons (Fsp3) is 0.238. The van der Waals surface area contributed by atoms with Gasteiger partial charge in [0.15, 0.2) is 0 Å². The molecule has 0 radical (unpaired) electrons. The summed E-state index contributed by atoms with van der Waals surface area (Å²) >= 11 is 0. The van der Waals surface area contributed by atoms with Crippen LogP contribution < -0.4 is 15.4 Å². The minimum Gasteiger partial charge on any atom is -0.494 e. The highest BCUT2D eigenvalue weighted by Crippen LogP contribution is 2.22. The molecule has 2 aromatic carbocycles. The summed E-state index contributed by atoms with van der Waals surface area (Å²) in [6.07, 6.45) is 2.21. The predicted molar refractivity (Wildman–Crippen MR) is 104 cm³/mol. The highest BCUT2D eigenvalue weighted by Gasteiger charge is 2.13. The standard InChI is InChI=1S/C21H23N3O2/c1-4-16-8-6-7-15(3)20(16)24-21(25)17(13-22)14-23-18-9-11-19(12-10-18)26-5-2/h6-12,14,23H,4-5H2,1-3H3,(H,24,25)/b17-14-. The van der Waals surface area contributed by atoms with Crippen LogP contribution in [0.2, 0.25) is 0 Å². The van der Waals surface area contributed by atoms with Crippen LogP contribution in [0, 0.1) is 18.3 Å². The monoisotopic (exact) mass is 349 g/mol. The Bertz CT molecular complexity index is 833. The van der Waals surface area contributed by atoms with Crippen molar-refractivity contribution in [3.8, 4) is 11.8 Å². The first-order valence-corrected chi connectivity index (χ1v) is 8.58. The molecule has 0 unspecified atom stereocenters. The maximum atomic E-state index is 12.5. The zero-order valence-electron chi connectivity index (χ0n) is 15.3. The van der Waals surface area contributed by atoms with E-state index in [1.807, 2.05) is 69.3 Å². The molecule has 0 aliphatic rings. The largest absolute Gasteiger partial charge is 0.494 e. The summed E-state index contributed by atoms with van der Waals surface area (Å²) in [6.45, 7) is 6.48. The molecule has 5 nitrogen and oxygen atoms in total. The molecule has 1 amide bonds. The van der Waals surface area contributed by atoms with E-state index in [1.165, 1.54) is 6.20 Å². The average molecular weight is 349 g/mol. The van der Waals surface area contributed by atoms with Gasteiger partial charge in [0.05, 0.1) is 6.61 Å². The number of ether oxygens (including phenoxy) is 1. The van der Waals surface area contributed by atoms with Crippen molar-refractivity contribution in [1.82, 2.24) is 0 Å². The van der Waals surface area contributed by atoms with Gasteiger partial charge in [-0.3, -0.25) is 4.79 Å². The molecule has 0 fully saturated rings. The summed E-state index contributed by atoms with van der Waals surface area (Å²) in [4.78, 5) is 12.5. The van der Waals surface area contributed by atoms with E-state index < -0.39 is 5.91 Å². The molecule has 2 rings (SSSR count). The van der Waals surface area contributed by atoms with Crippen LogP contribution >= 0.6 is 0 Å². The summed E-state index contributed by atoms with van der Waals surface area (Å²) in [5.74, 6) is 0.335. The molecular weight excluding hydrogens is 326 g/mol. The van der Waals surface area contributed by atoms with Gasteiger partial charge in [-0.25, -0.2) is 0 Å². The Kier molecular flexibility index (Phi) is 6.81. The number of nitrogens with one attached hydrogen (secondary N) is 2. The van der Waals surface area contributed by atoms with E-state index in [0.29, 0.717) is 6.61 Å². The SMILES string of the molecule is CCOc1ccc(N/C=C(/C#N)C(=O)Nc2c(C)cccc2CC)cc1. The molecule has 0 saturated carbocycles. The first-order chi connectivity index (χ1) is 12.6. The Morgan fingerprint density at radius 1 is 1.19 bits per heavy atom. The minimum atomic E-state index is -0.435. The number of para-hydroxylation sites is 1. The van der Waals surface area contributed by atoms with Crippen molar-refractivity contribution >= 4 is 17.3 Å². The zero-order chi connectivity index (χ0) is 18.9. The second kappa shape index (κ2) is 9.28. The van der Waals surface area contributed by atoms with Crippen LogP contribution in [0.25, 0.3) is 0 Å². The first kappa shape index (κ1) is 19.1. The normalized spacial score (nSPS) is 10.8. The fourth-order valence-electron chi connectivity index (χ4n) is 2.50. The molecule has 5 heteroatoms. The third kappa shape index (κ3) is 4.87. The number of amides is 1. The van der Waals surface area contributed by atoms with E-state index in [9.17, 15) is 10.1 Å². The van der Waals surface area contributed by atoms with Gasteiger partial charge >= 0.3 is 0 Å². The number of anilines is 2. The van der Waals surface area contributed by atoms with Crippen molar-refractivity contribution < 1.29 is 9.53 Å². The molecule has 0 aliphatic heterocycles. The number of carbonyl (C=O) groups is 1. The highest BCUT2D eigenvalue weighted by molar-refractivity contribution is 6.07. The molecule has 26 heavy (non-hydrogen) atoms. The van der Waals surface area contributed by atoms with Crippen LogP contribution in [0.3, 0.4) is 0 Å². The first-order valence-electron chi connectivity index (χ1n) is 8.58. The van der Waals surface area contributed by atoms with Crippen LogP contribution in [0.15, 0.2) is 54.2 Å². The topological polar surface area (TPSA) is 74.1 Å². The van der Waals surface area contributed by atoms with Gasteiger partial charge in [0.1, 0.15) is 17.4 Å². The molecule has 134 valence electrons. The van der Waals surface area contributed by atoms with E-state index in [1.54, 1.807) is 0 Å². The van der Waals surface area contributed by atoms with Crippen molar-refractivity contribution in [3.05, 3.63) is 65.4 Å². The molecule has 2 aromatic rings. The van der Waals surface area contributed by atoms with E-state index in [0.717, 1.165) is 34.7 Å². The molecular formula is C21H23N3O2. The van der Waals surface area contributed by atoms with Crippen molar-refractivity contribution in [3.63, 3.8) is 0 Å². The Balaban J connectivity index is 2.11. The number of aryl methyl sites for hydroxylation is 2. The summed E-state index contributed by atoms with van der Waals surface area (Å²) in [6, 6.07) is 15.1. The van der Waals surface area contributed by atoms with Crippen LogP contribution in [-0.4, -0.2) is 12.5 Å². The van der Waals surface area contributed by atoms with Gasteiger partial charge in [-0.05, 0) is 55.7 Å². The van der Waals surface area contributed by atoms with Crippen molar-refractivity contribution in [1.29, 1.82) is 5.26 Å². The lowest BCUT2D eigenvalue weighted by Crippen LogP contribution is -2.16. The predicted octanol–water partition coefficient (Wildman–Crippen LogP) is 4.41. The second-order valence-corrected chi connectivity index (χ2v) is 5.69. The Morgan fingerprint density at radius 3 is 2.54 bits per heavy atom. The summed E-state index contributed by atoms with van der Waals surface area (Å²) < 4.78 is 5.39. The summed E-state index contributed by atoms with van der Waals surface area (Å²) in [5.41, 5.74) is 3.54. The Labute approximate surface area is 154 Å². The third-order valence-corrected chi connectivity index (χ3v) is 3.89. The lowest BCUT2D eigenvalue weighted by atomic mass is 10.1. The Hall–Kier alpha value is -3.26. The van der Waals surface area contributed by atoms with Crippen LogP contribution in [-0.2, 0) is 11.2 Å². The molecule has 0 heterocycles. The molecule has 0 aromatic heterocycles. The lowest BCUT2D eigenvalue weighted by Gasteiger charge is -2.12. The van der Waals surface area contributed by atoms with Crippen molar-refractivity contribution in [2.75, 3.05) is 17.2 Å². The lowest BCUT2D eigenvalue weighted by molar-refractivity contribution is -0.112. The van der Waals surface area contributed by atoms with Gasteiger partial charge in [0, 0.05) is 17.6 Å². The second-order valence-electron chi connectivity index (χ2n) is 5.69. The van der Waals surface area contributed by atoms with Crippen LogP contribution in [0.1, 0.15) is 25.0 Å². The number of rotatable bonds is 7. The van der Waals surface area contributed by atoms with E-state index in [2.05, 4.69) is 10.6 Å². The van der Waals surface area contributed by atoms with Crippen molar-refractivity contribution in [2.24, 2.45) is 0 Å². The number of nitriles is 1. The molecule has 0 bridgehead atoms. The van der Waals surface area contributed by atoms with Gasteiger partial charge in [0.25, 0.3) is 5.91 Å². The number of carbonyl (C=O) groups excluding carboxylic acids is 1. The molecule has 0 aliphatic carbocycles. The van der Waals surface area contributed by atoms with E-state index in [4.69, 9.17) is 4.74 Å².